The Morgan fingerprint density at radius 3 is 2.44 bits per heavy atom. The highest BCUT2D eigenvalue weighted by Gasteiger charge is 2.21. The molecule has 4 nitrogen and oxygen atoms in total. The lowest BCUT2D eigenvalue weighted by Crippen LogP contribution is -2.22. The molecule has 100 valence electrons. The van der Waals surface area contributed by atoms with Crippen molar-refractivity contribution < 1.29 is 14.6 Å². The summed E-state index contributed by atoms with van der Waals surface area (Å²) < 4.78 is 5.33. The van der Waals surface area contributed by atoms with E-state index in [0.717, 1.165) is 22.4 Å². The molecule has 2 atom stereocenters. The number of aryl methyl sites for hydroxylation is 2. The van der Waals surface area contributed by atoms with Crippen LogP contribution in [0.15, 0.2) is 12.1 Å². The van der Waals surface area contributed by atoms with E-state index in [1.807, 2.05) is 32.9 Å². The van der Waals surface area contributed by atoms with Gasteiger partial charge in [-0.05, 0) is 37.0 Å². The molecule has 0 aliphatic carbocycles. The van der Waals surface area contributed by atoms with Crippen molar-refractivity contribution in [3.63, 3.8) is 0 Å². The number of methoxy groups -OCH3 is 1. The number of aliphatic carboxylic acids is 1. The molecule has 0 aromatic heterocycles. The summed E-state index contributed by atoms with van der Waals surface area (Å²) in [5, 5.41) is 8.82. The van der Waals surface area contributed by atoms with Gasteiger partial charge in [0.15, 0.2) is 0 Å². The van der Waals surface area contributed by atoms with Crippen LogP contribution in [-0.2, 0) is 4.79 Å². The molecule has 4 heteroatoms. The van der Waals surface area contributed by atoms with Crippen LogP contribution in [0.3, 0.4) is 0 Å². The first kappa shape index (κ1) is 14.5. The molecule has 0 saturated carbocycles. The third-order valence-corrected chi connectivity index (χ3v) is 3.31. The van der Waals surface area contributed by atoms with E-state index in [2.05, 4.69) is 0 Å². The van der Waals surface area contributed by atoms with Crippen molar-refractivity contribution >= 4 is 5.97 Å². The average Bonchev–Trinajstić information content (AvgIpc) is 2.30. The van der Waals surface area contributed by atoms with Crippen LogP contribution in [0.2, 0.25) is 0 Å². The lowest BCUT2D eigenvalue weighted by Gasteiger charge is -2.22. The van der Waals surface area contributed by atoms with Crippen LogP contribution in [-0.4, -0.2) is 18.2 Å². The van der Waals surface area contributed by atoms with Gasteiger partial charge in [-0.15, -0.1) is 0 Å². The predicted octanol–water partition coefficient (Wildman–Crippen LogP) is 2.42. The maximum Gasteiger partial charge on any atom is 0.303 e. The van der Waals surface area contributed by atoms with Crippen LogP contribution in [0.25, 0.3) is 0 Å². The fourth-order valence-corrected chi connectivity index (χ4v) is 1.96. The van der Waals surface area contributed by atoms with Gasteiger partial charge in [0.05, 0.1) is 7.11 Å². The molecule has 0 heterocycles. The zero-order valence-corrected chi connectivity index (χ0v) is 11.4. The van der Waals surface area contributed by atoms with Gasteiger partial charge in [0, 0.05) is 18.0 Å². The predicted molar refractivity (Wildman–Crippen MR) is 70.8 cm³/mol. The van der Waals surface area contributed by atoms with Crippen LogP contribution in [0.1, 0.15) is 36.1 Å². The van der Waals surface area contributed by atoms with Crippen LogP contribution in [0, 0.1) is 19.8 Å². The third kappa shape index (κ3) is 3.23. The minimum atomic E-state index is -0.833. The van der Waals surface area contributed by atoms with Gasteiger partial charge in [-0.2, -0.15) is 0 Å². The maximum absolute atomic E-state index is 10.7. The molecule has 0 radical (unpaired) electrons. The summed E-state index contributed by atoms with van der Waals surface area (Å²) in [6.45, 7) is 5.86. The lowest BCUT2D eigenvalue weighted by molar-refractivity contribution is -0.138. The Morgan fingerprint density at radius 1 is 1.39 bits per heavy atom. The van der Waals surface area contributed by atoms with E-state index in [0.29, 0.717) is 0 Å². The number of hydrogen-bond donors (Lipinski definition) is 2. The third-order valence-electron chi connectivity index (χ3n) is 3.31. The zero-order chi connectivity index (χ0) is 13.9. The monoisotopic (exact) mass is 251 g/mol. The number of carboxylic acids is 1. The molecule has 3 N–H and O–H groups in total. The number of carboxylic acid groups (broad SMARTS) is 1. The molecule has 0 aliphatic rings. The number of ether oxygens (including phenoxy) is 1. The zero-order valence-electron chi connectivity index (χ0n) is 11.4. The molecule has 0 amide bonds. The van der Waals surface area contributed by atoms with Crippen LogP contribution in [0.5, 0.6) is 5.75 Å². The second-order valence-corrected chi connectivity index (χ2v) is 4.78. The minimum Gasteiger partial charge on any atom is -0.496 e. The highest BCUT2D eigenvalue weighted by atomic mass is 16.5. The normalized spacial score (nSPS) is 14.1. The van der Waals surface area contributed by atoms with Gasteiger partial charge < -0.3 is 15.6 Å². The molecular formula is C14H21NO3. The van der Waals surface area contributed by atoms with Crippen molar-refractivity contribution in [3.05, 3.63) is 28.8 Å². The molecule has 0 fully saturated rings. The van der Waals surface area contributed by atoms with E-state index in [1.165, 1.54) is 0 Å². The molecule has 18 heavy (non-hydrogen) atoms. The van der Waals surface area contributed by atoms with Gasteiger partial charge in [-0.3, -0.25) is 4.79 Å². The smallest absolute Gasteiger partial charge is 0.303 e. The first-order chi connectivity index (χ1) is 8.36. The SMILES string of the molecule is COc1cc(C)c(C)cc1C(N)C(C)CC(=O)O. The van der Waals surface area contributed by atoms with Crippen molar-refractivity contribution in [3.8, 4) is 5.75 Å². The average molecular weight is 251 g/mol. The van der Waals surface area contributed by atoms with Crippen molar-refractivity contribution in [1.82, 2.24) is 0 Å². The number of hydrogen-bond acceptors (Lipinski definition) is 3. The Morgan fingerprint density at radius 2 is 1.94 bits per heavy atom. The Kier molecular flexibility index (Phi) is 4.73. The lowest BCUT2D eigenvalue weighted by atomic mass is 9.90. The number of rotatable bonds is 5. The highest BCUT2D eigenvalue weighted by molar-refractivity contribution is 5.67. The van der Waals surface area contributed by atoms with E-state index in [-0.39, 0.29) is 18.4 Å². The Balaban J connectivity index is 3.07. The number of carbonyl (C=O) groups is 1. The van der Waals surface area contributed by atoms with Crippen LogP contribution < -0.4 is 10.5 Å². The number of nitrogens with two attached hydrogens (primary N) is 1. The fourth-order valence-electron chi connectivity index (χ4n) is 1.96. The maximum atomic E-state index is 10.7. The first-order valence-electron chi connectivity index (χ1n) is 5.99. The summed E-state index contributed by atoms with van der Waals surface area (Å²) in [7, 11) is 1.60. The second kappa shape index (κ2) is 5.87. The Labute approximate surface area is 108 Å². The molecule has 2 unspecified atom stereocenters. The van der Waals surface area contributed by atoms with Crippen LogP contribution >= 0.6 is 0 Å². The number of benzene rings is 1. The molecule has 1 aromatic carbocycles. The highest BCUT2D eigenvalue weighted by Crippen LogP contribution is 2.32. The van der Waals surface area contributed by atoms with Gasteiger partial charge in [0.1, 0.15) is 5.75 Å². The van der Waals surface area contributed by atoms with E-state index >= 15 is 0 Å². The molecule has 0 saturated heterocycles. The molecule has 0 bridgehead atoms. The summed E-state index contributed by atoms with van der Waals surface area (Å²) in [5.41, 5.74) is 9.27. The molecule has 0 spiro atoms. The fraction of sp³-hybridized carbons (Fsp3) is 0.500. The Bertz CT molecular complexity index is 443. The summed E-state index contributed by atoms with van der Waals surface area (Å²) >= 11 is 0. The van der Waals surface area contributed by atoms with Gasteiger partial charge in [-0.25, -0.2) is 0 Å². The quantitative estimate of drug-likeness (QED) is 0.843. The largest absolute Gasteiger partial charge is 0.496 e. The Hall–Kier alpha value is -1.55. The van der Waals surface area contributed by atoms with E-state index < -0.39 is 5.97 Å². The van der Waals surface area contributed by atoms with Gasteiger partial charge >= 0.3 is 5.97 Å². The second-order valence-electron chi connectivity index (χ2n) is 4.78. The summed E-state index contributed by atoms with van der Waals surface area (Å²) in [6, 6.07) is 3.59. The molecule has 1 aromatic rings. The topological polar surface area (TPSA) is 72.5 Å². The van der Waals surface area contributed by atoms with Gasteiger partial charge in [-0.1, -0.05) is 13.0 Å². The molecular weight excluding hydrogens is 230 g/mol. The summed E-state index contributed by atoms with van der Waals surface area (Å²) in [5.74, 6) is -0.248. The van der Waals surface area contributed by atoms with Crippen molar-refractivity contribution in [2.45, 2.75) is 33.2 Å². The van der Waals surface area contributed by atoms with Gasteiger partial charge in [0.25, 0.3) is 0 Å². The van der Waals surface area contributed by atoms with Gasteiger partial charge in [0.2, 0.25) is 0 Å². The van der Waals surface area contributed by atoms with Crippen molar-refractivity contribution in [1.29, 1.82) is 0 Å². The van der Waals surface area contributed by atoms with Crippen molar-refractivity contribution in [2.24, 2.45) is 11.7 Å². The van der Waals surface area contributed by atoms with E-state index in [4.69, 9.17) is 15.6 Å². The van der Waals surface area contributed by atoms with E-state index in [9.17, 15) is 4.79 Å². The summed E-state index contributed by atoms with van der Waals surface area (Å²) in [4.78, 5) is 10.7. The van der Waals surface area contributed by atoms with E-state index in [1.54, 1.807) is 7.11 Å². The van der Waals surface area contributed by atoms with Crippen molar-refractivity contribution in [2.75, 3.05) is 7.11 Å². The first-order valence-corrected chi connectivity index (χ1v) is 5.99. The standard InChI is InChI=1S/C14H21NO3/c1-8-5-11(12(18-4)6-9(8)2)14(15)10(3)7-13(16)17/h5-6,10,14H,7,15H2,1-4H3,(H,16,17). The minimum absolute atomic E-state index is 0.0528. The molecule has 1 rings (SSSR count). The molecule has 0 aliphatic heterocycles. The summed E-state index contributed by atoms with van der Waals surface area (Å²) in [6.07, 6.45) is 0.0528. The van der Waals surface area contributed by atoms with Crippen LogP contribution in [0.4, 0.5) is 0 Å².